The van der Waals surface area contributed by atoms with Gasteiger partial charge in [0.05, 0.1) is 12.1 Å². The smallest absolute Gasteiger partial charge is 0.255 e. The van der Waals surface area contributed by atoms with Gasteiger partial charge in [0.2, 0.25) is 5.88 Å². The molecule has 1 saturated heterocycles. The summed E-state index contributed by atoms with van der Waals surface area (Å²) in [6.07, 6.45) is 6.06. The summed E-state index contributed by atoms with van der Waals surface area (Å²) in [5.41, 5.74) is 7.08. The van der Waals surface area contributed by atoms with E-state index in [0.717, 1.165) is 12.8 Å². The fourth-order valence-electron chi connectivity index (χ4n) is 3.59. The largest absolute Gasteiger partial charge is 0.472 e. The molecule has 2 N–H and O–H groups in total. The van der Waals surface area contributed by atoms with Crippen LogP contribution >= 0.6 is 0 Å². The Balaban J connectivity index is 1.60. The number of carbonyl (C=O) groups excluding carboxylic acids is 1. The molecule has 0 aliphatic carbocycles. The van der Waals surface area contributed by atoms with Gasteiger partial charge in [-0.15, -0.1) is 0 Å². The molecule has 3 aromatic rings. The molecule has 0 spiro atoms. The van der Waals surface area contributed by atoms with E-state index < -0.39 is 5.82 Å². The van der Waals surface area contributed by atoms with Crippen LogP contribution in [0.3, 0.4) is 0 Å². The molecule has 0 saturated carbocycles. The molecule has 8 heteroatoms. The summed E-state index contributed by atoms with van der Waals surface area (Å²) in [5.74, 6) is 0.0334. The Hall–Kier alpha value is -3.55. The van der Waals surface area contributed by atoms with Crippen molar-refractivity contribution < 1.29 is 13.9 Å². The maximum absolute atomic E-state index is 14.0. The zero-order chi connectivity index (χ0) is 21.1. The second-order valence-electron chi connectivity index (χ2n) is 7.31. The van der Waals surface area contributed by atoms with E-state index >= 15 is 0 Å². The van der Waals surface area contributed by atoms with Crippen LogP contribution < -0.4 is 10.5 Å². The molecule has 30 heavy (non-hydrogen) atoms. The van der Waals surface area contributed by atoms with Crippen LogP contribution in [0.5, 0.6) is 5.88 Å². The minimum atomic E-state index is -0.487. The predicted molar refractivity (Wildman–Crippen MR) is 110 cm³/mol. The van der Waals surface area contributed by atoms with Crippen LogP contribution in [-0.4, -0.2) is 44.4 Å². The number of ether oxygens (including phenoxy) is 1. The number of halogens is 1. The van der Waals surface area contributed by atoms with Crippen molar-refractivity contribution in [2.45, 2.75) is 31.9 Å². The summed E-state index contributed by atoms with van der Waals surface area (Å²) in [6, 6.07) is 9.10. The molecule has 154 valence electrons. The Morgan fingerprint density at radius 2 is 1.93 bits per heavy atom. The van der Waals surface area contributed by atoms with Crippen LogP contribution in [0, 0.1) is 5.82 Å². The van der Waals surface area contributed by atoms with Crippen molar-refractivity contribution in [3.63, 3.8) is 0 Å². The number of hydrogen-bond donors (Lipinski definition) is 1. The van der Waals surface area contributed by atoms with Gasteiger partial charge in [-0.05, 0) is 50.1 Å². The van der Waals surface area contributed by atoms with Crippen LogP contribution in [0.25, 0.3) is 11.4 Å². The summed E-state index contributed by atoms with van der Waals surface area (Å²) >= 11 is 0. The maximum Gasteiger partial charge on any atom is 0.255 e. The Bertz CT molecular complexity index is 1050. The van der Waals surface area contributed by atoms with Gasteiger partial charge in [-0.3, -0.25) is 4.79 Å². The molecular weight excluding hydrogens is 385 g/mol. The molecule has 0 unspecified atom stereocenters. The number of aromatic nitrogens is 3. The first-order valence-corrected chi connectivity index (χ1v) is 9.77. The molecule has 2 aromatic heterocycles. The average Bonchev–Trinajstić information content (AvgIpc) is 2.75. The molecule has 1 fully saturated rings. The summed E-state index contributed by atoms with van der Waals surface area (Å²) in [5, 5.41) is 0. The molecule has 1 amide bonds. The van der Waals surface area contributed by atoms with Crippen molar-refractivity contribution in [2.24, 2.45) is 0 Å². The number of pyridine rings is 1. The van der Waals surface area contributed by atoms with Gasteiger partial charge < -0.3 is 15.4 Å². The number of carbonyl (C=O) groups is 1. The lowest BCUT2D eigenvalue weighted by Crippen LogP contribution is -2.49. The summed E-state index contributed by atoms with van der Waals surface area (Å²) < 4.78 is 20.0. The van der Waals surface area contributed by atoms with Gasteiger partial charge in [-0.1, -0.05) is 0 Å². The van der Waals surface area contributed by atoms with Crippen LogP contribution in [0.1, 0.15) is 30.1 Å². The third kappa shape index (κ3) is 4.22. The summed E-state index contributed by atoms with van der Waals surface area (Å²) in [7, 11) is 0. The van der Waals surface area contributed by atoms with Gasteiger partial charge in [0, 0.05) is 41.9 Å². The molecule has 1 aliphatic rings. The van der Waals surface area contributed by atoms with Gasteiger partial charge in [0.15, 0.2) is 5.82 Å². The molecule has 0 radical (unpaired) electrons. The number of nitrogen functional groups attached to an aromatic ring is 1. The van der Waals surface area contributed by atoms with E-state index in [1.807, 2.05) is 6.92 Å². The Labute approximate surface area is 173 Å². The van der Waals surface area contributed by atoms with E-state index in [0.29, 0.717) is 29.5 Å². The highest BCUT2D eigenvalue weighted by Gasteiger charge is 2.32. The van der Waals surface area contributed by atoms with Gasteiger partial charge in [-0.2, -0.15) is 0 Å². The van der Waals surface area contributed by atoms with E-state index in [2.05, 4.69) is 15.0 Å². The number of anilines is 1. The normalized spacial score (nSPS) is 18.8. The topological polar surface area (TPSA) is 94.2 Å². The average molecular weight is 407 g/mol. The van der Waals surface area contributed by atoms with Crippen LogP contribution in [0.4, 0.5) is 10.1 Å². The fourth-order valence-corrected chi connectivity index (χ4v) is 3.59. The number of piperidine rings is 1. The SMILES string of the molecule is C[C@@H]1CC[C@@H](Oc2cc(N)ccn2)CN1C(=O)c1cc(F)ccc1-c1ncccn1. The number of likely N-dealkylation sites (tertiary alicyclic amines) is 1. The van der Waals surface area contributed by atoms with Crippen molar-refractivity contribution in [3.8, 4) is 17.3 Å². The second kappa shape index (κ2) is 8.44. The third-order valence-electron chi connectivity index (χ3n) is 5.16. The Morgan fingerprint density at radius 1 is 1.13 bits per heavy atom. The molecule has 2 atom stereocenters. The number of nitrogens with zero attached hydrogens (tertiary/aromatic N) is 4. The quantitative estimate of drug-likeness (QED) is 0.713. The molecule has 4 rings (SSSR count). The lowest BCUT2D eigenvalue weighted by molar-refractivity contribution is 0.0373. The van der Waals surface area contributed by atoms with Crippen molar-refractivity contribution in [1.29, 1.82) is 0 Å². The Kier molecular flexibility index (Phi) is 5.56. The summed E-state index contributed by atoms with van der Waals surface area (Å²) in [4.78, 5) is 27.7. The lowest BCUT2D eigenvalue weighted by atomic mass is 9.98. The lowest BCUT2D eigenvalue weighted by Gasteiger charge is -2.38. The fraction of sp³-hybridized carbons (Fsp3) is 0.273. The molecule has 3 heterocycles. The standard InChI is InChI=1S/C22H22FN5O2/c1-14-3-5-17(30-20-12-16(24)7-10-25-20)13-28(14)22(29)19-11-15(23)4-6-18(19)21-26-8-2-9-27-21/h2,4,6-12,14,17H,3,5,13H2,1H3,(H2,24,25)/t14-,17-/m1/s1. The van der Waals surface area contributed by atoms with Gasteiger partial charge in [0.25, 0.3) is 5.91 Å². The first-order chi connectivity index (χ1) is 14.5. The van der Waals surface area contributed by atoms with Gasteiger partial charge >= 0.3 is 0 Å². The van der Waals surface area contributed by atoms with E-state index in [-0.39, 0.29) is 23.6 Å². The first kappa shape index (κ1) is 19.8. The molecule has 1 aliphatic heterocycles. The number of benzene rings is 1. The van der Waals surface area contributed by atoms with E-state index in [9.17, 15) is 9.18 Å². The summed E-state index contributed by atoms with van der Waals surface area (Å²) in [6.45, 7) is 2.34. The zero-order valence-electron chi connectivity index (χ0n) is 16.5. The first-order valence-electron chi connectivity index (χ1n) is 9.77. The van der Waals surface area contributed by atoms with Crippen molar-refractivity contribution in [1.82, 2.24) is 19.9 Å². The second-order valence-corrected chi connectivity index (χ2v) is 7.31. The minimum absolute atomic E-state index is 0.0149. The van der Waals surface area contributed by atoms with Gasteiger partial charge in [0.1, 0.15) is 11.9 Å². The van der Waals surface area contributed by atoms with Crippen LogP contribution in [-0.2, 0) is 0 Å². The van der Waals surface area contributed by atoms with E-state index in [1.165, 1.54) is 18.2 Å². The molecule has 7 nitrogen and oxygen atoms in total. The zero-order valence-corrected chi connectivity index (χ0v) is 16.5. The van der Waals surface area contributed by atoms with Crippen molar-refractivity contribution >= 4 is 11.6 Å². The molecular formula is C22H22FN5O2. The Morgan fingerprint density at radius 3 is 2.70 bits per heavy atom. The highest BCUT2D eigenvalue weighted by atomic mass is 19.1. The van der Waals surface area contributed by atoms with Crippen molar-refractivity contribution in [3.05, 3.63) is 66.4 Å². The molecule has 1 aromatic carbocycles. The highest BCUT2D eigenvalue weighted by Crippen LogP contribution is 2.27. The third-order valence-corrected chi connectivity index (χ3v) is 5.16. The van der Waals surface area contributed by atoms with E-state index in [4.69, 9.17) is 10.5 Å². The van der Waals surface area contributed by atoms with E-state index in [1.54, 1.807) is 41.7 Å². The number of rotatable bonds is 4. The van der Waals surface area contributed by atoms with Crippen molar-refractivity contribution in [2.75, 3.05) is 12.3 Å². The van der Waals surface area contributed by atoms with Gasteiger partial charge in [-0.25, -0.2) is 19.3 Å². The maximum atomic E-state index is 14.0. The number of hydrogen-bond acceptors (Lipinski definition) is 6. The number of amides is 1. The van der Waals surface area contributed by atoms with Crippen LogP contribution in [0.2, 0.25) is 0 Å². The highest BCUT2D eigenvalue weighted by molar-refractivity contribution is 6.00. The number of nitrogens with two attached hydrogens (primary N) is 1. The minimum Gasteiger partial charge on any atom is -0.472 e. The molecule has 0 bridgehead atoms. The predicted octanol–water partition coefficient (Wildman–Crippen LogP) is 3.33. The van der Waals surface area contributed by atoms with Crippen LogP contribution in [0.15, 0.2) is 55.0 Å². The monoisotopic (exact) mass is 407 g/mol.